The molecule has 11 heteroatoms. The standard InChI is InChI=1S/C33H30F2N6O2S/c34-27-7-4-8-28(35)30(27)26-14-15-36-18-22(26)19-38-23-9-11-25(12-10-23)41(20-21-5-2-1-3-6-21)32-37-16-13-24(39-32)17-29-31(42)40-33(43)44-29/h1-8,13-18,23,25,38H,9-12,19-20H2,(H,40,42,43). The lowest BCUT2D eigenvalue weighted by atomic mass is 9.89. The van der Waals surface area contributed by atoms with Crippen molar-refractivity contribution in [3.63, 3.8) is 0 Å². The predicted molar refractivity (Wildman–Crippen MR) is 166 cm³/mol. The van der Waals surface area contributed by atoms with Crippen molar-refractivity contribution in [3.05, 3.63) is 113 Å². The van der Waals surface area contributed by atoms with E-state index in [4.69, 9.17) is 4.98 Å². The van der Waals surface area contributed by atoms with Crippen molar-refractivity contribution in [3.8, 4) is 11.1 Å². The first kappa shape index (κ1) is 29.6. The number of carbonyl (C=O) groups is 2. The van der Waals surface area contributed by atoms with Crippen LogP contribution >= 0.6 is 11.8 Å². The molecule has 2 aromatic carbocycles. The van der Waals surface area contributed by atoms with Gasteiger partial charge in [-0.25, -0.2) is 18.7 Å². The smallest absolute Gasteiger partial charge is 0.290 e. The number of thioether (sulfide) groups is 1. The van der Waals surface area contributed by atoms with Crippen LogP contribution in [-0.2, 0) is 17.9 Å². The van der Waals surface area contributed by atoms with Crippen LogP contribution in [0.5, 0.6) is 0 Å². The highest BCUT2D eigenvalue weighted by atomic mass is 32.2. The highest BCUT2D eigenvalue weighted by Crippen LogP contribution is 2.31. The van der Waals surface area contributed by atoms with Gasteiger partial charge in [-0.3, -0.25) is 19.9 Å². The van der Waals surface area contributed by atoms with Gasteiger partial charge in [-0.05, 0) is 84.5 Å². The highest BCUT2D eigenvalue weighted by Gasteiger charge is 2.29. The first-order chi connectivity index (χ1) is 21.4. The summed E-state index contributed by atoms with van der Waals surface area (Å²) in [4.78, 5) is 39.8. The first-order valence-corrected chi connectivity index (χ1v) is 15.3. The molecular weight excluding hydrogens is 582 g/mol. The Morgan fingerprint density at radius 3 is 2.45 bits per heavy atom. The molecule has 2 aromatic heterocycles. The molecule has 8 nitrogen and oxygen atoms in total. The predicted octanol–water partition coefficient (Wildman–Crippen LogP) is 6.25. The SMILES string of the molecule is O=C1NC(=O)C(=Cc2ccnc(N(Cc3ccccc3)C3CCC(NCc4cnccc4-c4c(F)cccc4F)CC3)n2)S1. The molecule has 0 atom stereocenters. The van der Waals surface area contributed by atoms with Crippen molar-refractivity contribution in [1.82, 2.24) is 25.6 Å². The van der Waals surface area contributed by atoms with Crippen molar-refractivity contribution in [2.75, 3.05) is 4.90 Å². The molecule has 1 aliphatic heterocycles. The van der Waals surface area contributed by atoms with E-state index in [2.05, 4.69) is 37.6 Å². The summed E-state index contributed by atoms with van der Waals surface area (Å²) in [6, 6.07) is 17.8. The Bertz CT molecular complexity index is 1670. The van der Waals surface area contributed by atoms with Crippen LogP contribution in [0.25, 0.3) is 17.2 Å². The number of amides is 2. The maximum atomic E-state index is 14.6. The van der Waals surface area contributed by atoms with Crippen molar-refractivity contribution >= 4 is 34.9 Å². The van der Waals surface area contributed by atoms with Gasteiger partial charge < -0.3 is 10.2 Å². The summed E-state index contributed by atoms with van der Waals surface area (Å²) in [5.74, 6) is -1.07. The molecule has 0 radical (unpaired) electrons. The monoisotopic (exact) mass is 612 g/mol. The van der Waals surface area contributed by atoms with Crippen molar-refractivity contribution in [1.29, 1.82) is 0 Å². The van der Waals surface area contributed by atoms with E-state index in [-0.39, 0.29) is 17.6 Å². The molecule has 2 N–H and O–H groups in total. The minimum absolute atomic E-state index is 0.0383. The number of rotatable bonds is 9. The van der Waals surface area contributed by atoms with Crippen LogP contribution in [0.1, 0.15) is 42.5 Å². The van der Waals surface area contributed by atoms with Gasteiger partial charge in [0, 0.05) is 43.8 Å². The lowest BCUT2D eigenvalue weighted by molar-refractivity contribution is -0.115. The van der Waals surface area contributed by atoms with Crippen molar-refractivity contribution in [2.24, 2.45) is 0 Å². The molecule has 2 aliphatic rings. The summed E-state index contributed by atoms with van der Waals surface area (Å²) in [7, 11) is 0. The normalized spacial score (nSPS) is 19.3. The fourth-order valence-corrected chi connectivity index (χ4v) is 6.36. The number of hydrogen-bond acceptors (Lipinski definition) is 8. The van der Waals surface area contributed by atoms with Crippen LogP contribution in [0.4, 0.5) is 19.5 Å². The Labute approximate surface area is 258 Å². The summed E-state index contributed by atoms with van der Waals surface area (Å²) in [6.07, 6.45) is 10.0. The molecular formula is C33H30F2N6O2S. The minimum Gasteiger partial charge on any atom is -0.333 e. The molecule has 224 valence electrons. The topological polar surface area (TPSA) is 100 Å². The van der Waals surface area contributed by atoms with E-state index >= 15 is 0 Å². The third kappa shape index (κ3) is 6.84. The van der Waals surface area contributed by atoms with Gasteiger partial charge >= 0.3 is 0 Å². The summed E-state index contributed by atoms with van der Waals surface area (Å²) < 4.78 is 29.1. The van der Waals surface area contributed by atoms with Gasteiger partial charge in [0.1, 0.15) is 11.6 Å². The molecule has 1 aliphatic carbocycles. The van der Waals surface area contributed by atoms with Gasteiger partial charge in [0.05, 0.1) is 16.2 Å². The number of halogens is 2. The molecule has 2 amide bonds. The van der Waals surface area contributed by atoms with Gasteiger partial charge in [0.2, 0.25) is 5.95 Å². The second-order valence-electron chi connectivity index (χ2n) is 10.8. The van der Waals surface area contributed by atoms with E-state index in [1.807, 2.05) is 18.2 Å². The number of carbonyl (C=O) groups excluding carboxylic acids is 2. The number of pyridine rings is 1. The Hall–Kier alpha value is -4.48. The van der Waals surface area contributed by atoms with E-state index in [0.717, 1.165) is 48.6 Å². The third-order valence-corrected chi connectivity index (χ3v) is 8.70. The molecule has 0 unspecified atom stereocenters. The summed E-state index contributed by atoms with van der Waals surface area (Å²) >= 11 is 0.857. The fraction of sp³-hybridized carbons (Fsp3) is 0.242. The summed E-state index contributed by atoms with van der Waals surface area (Å²) in [5.41, 5.74) is 2.87. The van der Waals surface area contributed by atoms with Crippen LogP contribution < -0.4 is 15.5 Å². The number of imide groups is 1. The zero-order valence-corrected chi connectivity index (χ0v) is 24.6. The van der Waals surface area contributed by atoms with E-state index in [1.165, 1.54) is 18.2 Å². The largest absolute Gasteiger partial charge is 0.333 e. The van der Waals surface area contributed by atoms with E-state index in [1.54, 1.807) is 36.8 Å². The Morgan fingerprint density at radius 2 is 1.73 bits per heavy atom. The highest BCUT2D eigenvalue weighted by molar-refractivity contribution is 8.18. The van der Waals surface area contributed by atoms with Gasteiger partial charge in [-0.1, -0.05) is 36.4 Å². The number of anilines is 1. The van der Waals surface area contributed by atoms with Crippen LogP contribution in [-0.4, -0.2) is 38.2 Å². The van der Waals surface area contributed by atoms with Crippen LogP contribution in [0.2, 0.25) is 0 Å². The number of benzene rings is 2. The van der Waals surface area contributed by atoms with Crippen molar-refractivity contribution in [2.45, 2.75) is 50.9 Å². The number of hydrogen-bond donors (Lipinski definition) is 2. The molecule has 4 aromatic rings. The van der Waals surface area contributed by atoms with E-state index in [0.29, 0.717) is 35.2 Å². The minimum atomic E-state index is -0.599. The first-order valence-electron chi connectivity index (χ1n) is 14.4. The molecule has 2 fully saturated rings. The number of nitrogens with zero attached hydrogens (tertiary/aromatic N) is 4. The molecule has 1 saturated heterocycles. The molecule has 0 spiro atoms. The maximum Gasteiger partial charge on any atom is 0.290 e. The fourth-order valence-electron chi connectivity index (χ4n) is 5.69. The molecule has 6 rings (SSSR count). The second kappa shape index (κ2) is 13.4. The van der Waals surface area contributed by atoms with Gasteiger partial charge in [0.15, 0.2) is 0 Å². The quantitative estimate of drug-likeness (QED) is 0.214. The zero-order valence-electron chi connectivity index (χ0n) is 23.7. The lowest BCUT2D eigenvalue weighted by Gasteiger charge is -2.37. The van der Waals surface area contributed by atoms with Crippen LogP contribution in [0.15, 0.2) is 84.2 Å². The molecule has 0 bridgehead atoms. The van der Waals surface area contributed by atoms with E-state index < -0.39 is 22.8 Å². The zero-order chi connectivity index (χ0) is 30.5. The Balaban J connectivity index is 1.16. The van der Waals surface area contributed by atoms with Gasteiger partial charge in [0.25, 0.3) is 11.1 Å². The average molecular weight is 613 g/mol. The number of nitrogens with one attached hydrogen (secondary N) is 2. The lowest BCUT2D eigenvalue weighted by Crippen LogP contribution is -2.43. The Kier molecular flexibility index (Phi) is 9.04. The third-order valence-electron chi connectivity index (χ3n) is 7.89. The molecule has 1 saturated carbocycles. The van der Waals surface area contributed by atoms with Crippen molar-refractivity contribution < 1.29 is 18.4 Å². The van der Waals surface area contributed by atoms with Gasteiger partial charge in [-0.15, -0.1) is 0 Å². The van der Waals surface area contributed by atoms with E-state index in [9.17, 15) is 18.4 Å². The Morgan fingerprint density at radius 1 is 0.955 bits per heavy atom. The summed E-state index contributed by atoms with van der Waals surface area (Å²) in [6.45, 7) is 1.05. The molecule has 3 heterocycles. The van der Waals surface area contributed by atoms with Gasteiger partial charge in [-0.2, -0.15) is 0 Å². The molecule has 44 heavy (non-hydrogen) atoms. The maximum absolute atomic E-state index is 14.6. The van der Waals surface area contributed by atoms with Crippen LogP contribution in [0.3, 0.4) is 0 Å². The second-order valence-corrected chi connectivity index (χ2v) is 11.8. The average Bonchev–Trinajstić information content (AvgIpc) is 3.36. The summed E-state index contributed by atoms with van der Waals surface area (Å²) in [5, 5.41) is 5.46. The number of aromatic nitrogens is 3. The van der Waals surface area contributed by atoms with Crippen LogP contribution in [0, 0.1) is 11.6 Å².